The van der Waals surface area contributed by atoms with Crippen LogP contribution >= 0.6 is 0 Å². The van der Waals surface area contributed by atoms with Gasteiger partial charge < -0.3 is 15.1 Å². The summed E-state index contributed by atoms with van der Waals surface area (Å²) in [5.74, 6) is 0.801. The van der Waals surface area contributed by atoms with E-state index in [1.165, 1.54) is 31.5 Å². The SMILES string of the molecule is CC(NC(CN(C)C)c1ccccc1)C1CCN(C)CC1. The van der Waals surface area contributed by atoms with Gasteiger partial charge in [-0.25, -0.2) is 0 Å². The van der Waals surface area contributed by atoms with Crippen molar-refractivity contribution in [1.29, 1.82) is 0 Å². The van der Waals surface area contributed by atoms with Crippen molar-refractivity contribution in [2.24, 2.45) is 5.92 Å². The van der Waals surface area contributed by atoms with Gasteiger partial charge in [0.25, 0.3) is 0 Å². The fraction of sp³-hybridized carbons (Fsp3) is 0.667. The Hall–Kier alpha value is -0.900. The van der Waals surface area contributed by atoms with Gasteiger partial charge in [0, 0.05) is 18.6 Å². The molecule has 1 saturated heterocycles. The number of benzene rings is 1. The van der Waals surface area contributed by atoms with Crippen LogP contribution in [0.1, 0.15) is 31.4 Å². The normalized spacial score (nSPS) is 20.6. The fourth-order valence-electron chi connectivity index (χ4n) is 3.29. The molecule has 0 spiro atoms. The summed E-state index contributed by atoms with van der Waals surface area (Å²) < 4.78 is 0. The molecule has 21 heavy (non-hydrogen) atoms. The Morgan fingerprint density at radius 1 is 1.19 bits per heavy atom. The Labute approximate surface area is 130 Å². The molecule has 1 heterocycles. The Morgan fingerprint density at radius 2 is 1.81 bits per heavy atom. The third kappa shape index (κ3) is 5.10. The molecule has 0 bridgehead atoms. The van der Waals surface area contributed by atoms with Crippen LogP contribution in [0.3, 0.4) is 0 Å². The van der Waals surface area contributed by atoms with E-state index in [1.807, 2.05) is 0 Å². The number of likely N-dealkylation sites (tertiary alicyclic amines) is 1. The van der Waals surface area contributed by atoms with Gasteiger partial charge in [0.2, 0.25) is 0 Å². The Balaban J connectivity index is 1.98. The molecule has 2 unspecified atom stereocenters. The average Bonchev–Trinajstić information content (AvgIpc) is 2.47. The van der Waals surface area contributed by atoms with Crippen LogP contribution < -0.4 is 5.32 Å². The predicted octanol–water partition coefficient (Wildman–Crippen LogP) is 2.61. The van der Waals surface area contributed by atoms with Gasteiger partial charge in [-0.05, 0) is 65.5 Å². The molecule has 1 aliphatic heterocycles. The van der Waals surface area contributed by atoms with Crippen molar-refractivity contribution in [2.75, 3.05) is 40.8 Å². The number of nitrogens with one attached hydrogen (secondary N) is 1. The molecule has 0 aromatic heterocycles. The van der Waals surface area contributed by atoms with Gasteiger partial charge >= 0.3 is 0 Å². The van der Waals surface area contributed by atoms with E-state index in [-0.39, 0.29) is 0 Å². The van der Waals surface area contributed by atoms with Crippen molar-refractivity contribution >= 4 is 0 Å². The summed E-state index contributed by atoms with van der Waals surface area (Å²) in [6, 6.07) is 11.8. The van der Waals surface area contributed by atoms with Crippen LogP contribution in [0, 0.1) is 5.92 Å². The molecule has 3 heteroatoms. The topological polar surface area (TPSA) is 18.5 Å². The number of hydrogen-bond donors (Lipinski definition) is 1. The summed E-state index contributed by atoms with van der Waals surface area (Å²) in [5, 5.41) is 3.89. The summed E-state index contributed by atoms with van der Waals surface area (Å²) >= 11 is 0. The summed E-state index contributed by atoms with van der Waals surface area (Å²) in [6.45, 7) is 5.88. The predicted molar refractivity (Wildman–Crippen MR) is 90.6 cm³/mol. The lowest BCUT2D eigenvalue weighted by molar-refractivity contribution is 0.179. The van der Waals surface area contributed by atoms with E-state index in [4.69, 9.17) is 0 Å². The van der Waals surface area contributed by atoms with Crippen LogP contribution in [-0.2, 0) is 0 Å². The smallest absolute Gasteiger partial charge is 0.0451 e. The first-order chi connectivity index (χ1) is 10.1. The second-order valence-corrected chi connectivity index (χ2v) is 6.82. The number of rotatable bonds is 6. The highest BCUT2D eigenvalue weighted by Gasteiger charge is 2.24. The Bertz CT molecular complexity index is 396. The Kier molecular flexibility index (Phi) is 6.22. The van der Waals surface area contributed by atoms with E-state index in [2.05, 4.69) is 73.5 Å². The summed E-state index contributed by atoms with van der Waals surface area (Å²) in [7, 11) is 6.53. The van der Waals surface area contributed by atoms with Gasteiger partial charge in [-0.2, -0.15) is 0 Å². The van der Waals surface area contributed by atoms with E-state index < -0.39 is 0 Å². The first-order valence-electron chi connectivity index (χ1n) is 8.20. The van der Waals surface area contributed by atoms with Crippen molar-refractivity contribution < 1.29 is 0 Å². The highest BCUT2D eigenvalue weighted by molar-refractivity contribution is 5.19. The number of likely N-dealkylation sites (N-methyl/N-ethyl adjacent to an activating group) is 1. The molecule has 1 N–H and O–H groups in total. The van der Waals surface area contributed by atoms with E-state index in [0.717, 1.165) is 12.5 Å². The van der Waals surface area contributed by atoms with Crippen molar-refractivity contribution in [3.8, 4) is 0 Å². The second kappa shape index (κ2) is 7.92. The van der Waals surface area contributed by atoms with Gasteiger partial charge in [-0.3, -0.25) is 0 Å². The van der Waals surface area contributed by atoms with Crippen molar-refractivity contribution in [3.63, 3.8) is 0 Å². The molecule has 1 fully saturated rings. The van der Waals surface area contributed by atoms with Crippen LogP contribution in [0.5, 0.6) is 0 Å². The Morgan fingerprint density at radius 3 is 2.38 bits per heavy atom. The van der Waals surface area contributed by atoms with Gasteiger partial charge in [0.05, 0.1) is 0 Å². The molecule has 1 aromatic rings. The molecule has 2 rings (SSSR count). The van der Waals surface area contributed by atoms with Crippen molar-refractivity contribution in [3.05, 3.63) is 35.9 Å². The molecule has 0 amide bonds. The van der Waals surface area contributed by atoms with E-state index in [0.29, 0.717) is 12.1 Å². The molecular formula is C18H31N3. The largest absolute Gasteiger partial charge is 0.308 e. The molecular weight excluding hydrogens is 258 g/mol. The molecule has 1 aromatic carbocycles. The molecule has 2 atom stereocenters. The standard InChI is InChI=1S/C18H31N3/c1-15(16-10-12-21(4)13-11-16)19-18(14-20(2)3)17-8-6-5-7-9-17/h5-9,15-16,18-19H,10-14H2,1-4H3. The van der Waals surface area contributed by atoms with E-state index in [1.54, 1.807) is 0 Å². The average molecular weight is 289 g/mol. The van der Waals surface area contributed by atoms with Crippen molar-refractivity contribution in [1.82, 2.24) is 15.1 Å². The molecule has 0 saturated carbocycles. The number of hydrogen-bond acceptors (Lipinski definition) is 3. The van der Waals surface area contributed by atoms with Gasteiger partial charge in [-0.15, -0.1) is 0 Å². The third-order valence-corrected chi connectivity index (χ3v) is 4.68. The van der Waals surface area contributed by atoms with Gasteiger partial charge in [0.15, 0.2) is 0 Å². The lowest BCUT2D eigenvalue weighted by Gasteiger charge is -2.35. The summed E-state index contributed by atoms with van der Waals surface area (Å²) in [4.78, 5) is 4.71. The quantitative estimate of drug-likeness (QED) is 0.868. The third-order valence-electron chi connectivity index (χ3n) is 4.68. The summed E-state index contributed by atoms with van der Waals surface area (Å²) in [5.41, 5.74) is 1.39. The van der Waals surface area contributed by atoms with Gasteiger partial charge in [0.1, 0.15) is 0 Å². The molecule has 3 nitrogen and oxygen atoms in total. The minimum Gasteiger partial charge on any atom is -0.308 e. The van der Waals surface area contributed by atoms with Crippen LogP contribution in [0.15, 0.2) is 30.3 Å². The summed E-state index contributed by atoms with van der Waals surface area (Å²) in [6.07, 6.45) is 2.63. The van der Waals surface area contributed by atoms with Crippen LogP contribution in [0.2, 0.25) is 0 Å². The van der Waals surface area contributed by atoms with Crippen LogP contribution in [0.4, 0.5) is 0 Å². The molecule has 0 radical (unpaired) electrons. The van der Waals surface area contributed by atoms with E-state index >= 15 is 0 Å². The molecule has 0 aliphatic carbocycles. The monoisotopic (exact) mass is 289 g/mol. The lowest BCUT2D eigenvalue weighted by atomic mass is 9.89. The second-order valence-electron chi connectivity index (χ2n) is 6.82. The zero-order valence-electron chi connectivity index (χ0n) is 14.0. The van der Waals surface area contributed by atoms with Crippen LogP contribution in [0.25, 0.3) is 0 Å². The van der Waals surface area contributed by atoms with Crippen LogP contribution in [-0.4, -0.2) is 56.6 Å². The first kappa shape index (κ1) is 16.5. The maximum atomic E-state index is 3.89. The molecule has 118 valence electrons. The maximum absolute atomic E-state index is 3.89. The fourth-order valence-corrected chi connectivity index (χ4v) is 3.29. The maximum Gasteiger partial charge on any atom is 0.0451 e. The zero-order chi connectivity index (χ0) is 15.2. The highest BCUT2D eigenvalue weighted by Crippen LogP contribution is 2.22. The van der Waals surface area contributed by atoms with Gasteiger partial charge in [-0.1, -0.05) is 30.3 Å². The minimum absolute atomic E-state index is 0.413. The van der Waals surface area contributed by atoms with E-state index in [9.17, 15) is 0 Å². The number of nitrogens with zero attached hydrogens (tertiary/aromatic N) is 2. The lowest BCUT2D eigenvalue weighted by Crippen LogP contribution is -2.44. The van der Waals surface area contributed by atoms with Crippen molar-refractivity contribution in [2.45, 2.75) is 31.8 Å². The molecule has 1 aliphatic rings. The minimum atomic E-state index is 0.413. The first-order valence-corrected chi connectivity index (χ1v) is 8.20. The number of piperidine rings is 1. The zero-order valence-corrected chi connectivity index (χ0v) is 14.0. The highest BCUT2D eigenvalue weighted by atomic mass is 15.1.